The predicted octanol–water partition coefficient (Wildman–Crippen LogP) is 3.46. The van der Waals surface area contributed by atoms with Crippen LogP contribution in [0.5, 0.6) is 0 Å². The Kier molecular flexibility index (Phi) is 5.89. The van der Waals surface area contributed by atoms with Gasteiger partial charge in [0.05, 0.1) is 5.75 Å². The SMILES string of the molecule is Cc1ccc(C(=O)C2CCN(S(=O)(=O)CCc3ccccc3)CC2)cc1. The maximum Gasteiger partial charge on any atom is 0.214 e. The molecule has 26 heavy (non-hydrogen) atoms. The maximum atomic E-state index is 12.6. The van der Waals surface area contributed by atoms with E-state index in [1.807, 2.05) is 61.5 Å². The lowest BCUT2D eigenvalue weighted by Crippen LogP contribution is -2.41. The minimum atomic E-state index is -3.28. The fourth-order valence-electron chi connectivity index (χ4n) is 3.37. The van der Waals surface area contributed by atoms with Gasteiger partial charge >= 0.3 is 0 Å². The third-order valence-electron chi connectivity index (χ3n) is 5.05. The van der Waals surface area contributed by atoms with Crippen molar-refractivity contribution in [2.24, 2.45) is 5.92 Å². The summed E-state index contributed by atoms with van der Waals surface area (Å²) in [7, 11) is -3.28. The van der Waals surface area contributed by atoms with E-state index in [0.717, 1.165) is 16.7 Å². The number of sulfonamides is 1. The van der Waals surface area contributed by atoms with Gasteiger partial charge < -0.3 is 0 Å². The van der Waals surface area contributed by atoms with Crippen molar-refractivity contribution in [2.45, 2.75) is 26.2 Å². The minimum Gasteiger partial charge on any atom is -0.294 e. The number of aryl methyl sites for hydroxylation is 2. The first-order chi connectivity index (χ1) is 12.5. The number of benzene rings is 2. The summed E-state index contributed by atoms with van der Waals surface area (Å²) in [4.78, 5) is 12.6. The molecule has 1 heterocycles. The Bertz CT molecular complexity index is 837. The van der Waals surface area contributed by atoms with Crippen LogP contribution in [0.3, 0.4) is 0 Å². The van der Waals surface area contributed by atoms with Crippen LogP contribution in [0.1, 0.15) is 34.3 Å². The Morgan fingerprint density at radius 2 is 1.62 bits per heavy atom. The van der Waals surface area contributed by atoms with Gasteiger partial charge in [-0.2, -0.15) is 0 Å². The number of carbonyl (C=O) groups excluding carboxylic acids is 1. The fourth-order valence-corrected chi connectivity index (χ4v) is 4.89. The van der Waals surface area contributed by atoms with Crippen molar-refractivity contribution >= 4 is 15.8 Å². The highest BCUT2D eigenvalue weighted by Crippen LogP contribution is 2.24. The number of hydrogen-bond donors (Lipinski definition) is 0. The second-order valence-corrected chi connectivity index (χ2v) is 9.04. The van der Waals surface area contributed by atoms with Crippen molar-refractivity contribution in [3.63, 3.8) is 0 Å². The van der Waals surface area contributed by atoms with Gasteiger partial charge in [0.1, 0.15) is 0 Å². The van der Waals surface area contributed by atoms with Crippen molar-refractivity contribution in [2.75, 3.05) is 18.8 Å². The summed E-state index contributed by atoms with van der Waals surface area (Å²) in [5.74, 6) is 0.165. The van der Waals surface area contributed by atoms with Gasteiger partial charge in [0.25, 0.3) is 0 Å². The van der Waals surface area contributed by atoms with Crippen molar-refractivity contribution in [1.82, 2.24) is 4.31 Å². The molecule has 0 bridgehead atoms. The van der Waals surface area contributed by atoms with E-state index in [9.17, 15) is 13.2 Å². The van der Waals surface area contributed by atoms with Gasteiger partial charge in [-0.3, -0.25) is 4.79 Å². The molecule has 4 nitrogen and oxygen atoms in total. The summed E-state index contributed by atoms with van der Waals surface area (Å²) in [6.45, 7) is 2.85. The van der Waals surface area contributed by atoms with Gasteiger partial charge in [0.2, 0.25) is 10.0 Å². The molecule has 0 saturated carbocycles. The van der Waals surface area contributed by atoms with E-state index in [1.165, 1.54) is 0 Å². The number of rotatable bonds is 6. The summed E-state index contributed by atoms with van der Waals surface area (Å²) in [6.07, 6.45) is 1.71. The molecule has 0 aliphatic carbocycles. The van der Waals surface area contributed by atoms with Crippen LogP contribution >= 0.6 is 0 Å². The first kappa shape index (κ1) is 18.8. The Hall–Kier alpha value is -1.98. The lowest BCUT2D eigenvalue weighted by Gasteiger charge is -2.30. The summed E-state index contributed by atoms with van der Waals surface area (Å²) in [6, 6.07) is 17.3. The van der Waals surface area contributed by atoms with Gasteiger partial charge in [0.15, 0.2) is 5.78 Å². The van der Waals surface area contributed by atoms with Crippen LogP contribution in [0.15, 0.2) is 54.6 Å². The Morgan fingerprint density at radius 3 is 2.23 bits per heavy atom. The number of piperidine rings is 1. The normalized spacial score (nSPS) is 16.5. The van der Waals surface area contributed by atoms with E-state index in [0.29, 0.717) is 32.4 Å². The third-order valence-corrected chi connectivity index (χ3v) is 6.92. The van der Waals surface area contributed by atoms with E-state index in [-0.39, 0.29) is 17.5 Å². The van der Waals surface area contributed by atoms with E-state index in [1.54, 1.807) is 4.31 Å². The average Bonchev–Trinajstić information content (AvgIpc) is 2.67. The molecule has 0 atom stereocenters. The maximum absolute atomic E-state index is 12.6. The van der Waals surface area contributed by atoms with Gasteiger partial charge in [-0.15, -0.1) is 0 Å². The number of carbonyl (C=O) groups is 1. The van der Waals surface area contributed by atoms with Gasteiger partial charge in [0, 0.05) is 24.6 Å². The minimum absolute atomic E-state index is 0.0849. The van der Waals surface area contributed by atoms with Crippen molar-refractivity contribution < 1.29 is 13.2 Å². The smallest absolute Gasteiger partial charge is 0.214 e. The van der Waals surface area contributed by atoms with E-state index in [4.69, 9.17) is 0 Å². The molecule has 2 aromatic rings. The van der Waals surface area contributed by atoms with E-state index < -0.39 is 10.0 Å². The molecule has 1 aliphatic rings. The first-order valence-electron chi connectivity index (χ1n) is 9.08. The highest BCUT2D eigenvalue weighted by molar-refractivity contribution is 7.89. The zero-order valence-corrected chi connectivity index (χ0v) is 15.9. The van der Waals surface area contributed by atoms with Crippen LogP contribution in [-0.4, -0.2) is 37.3 Å². The van der Waals surface area contributed by atoms with Gasteiger partial charge in [-0.25, -0.2) is 12.7 Å². The molecule has 0 N–H and O–H groups in total. The molecule has 1 aliphatic heterocycles. The molecule has 1 fully saturated rings. The fraction of sp³-hybridized carbons (Fsp3) is 0.381. The average molecular weight is 372 g/mol. The summed E-state index contributed by atoms with van der Waals surface area (Å²) >= 11 is 0. The second-order valence-electron chi connectivity index (χ2n) is 6.96. The van der Waals surface area contributed by atoms with Gasteiger partial charge in [-0.1, -0.05) is 60.2 Å². The van der Waals surface area contributed by atoms with Crippen LogP contribution in [-0.2, 0) is 16.4 Å². The topological polar surface area (TPSA) is 54.5 Å². The Balaban J connectivity index is 1.55. The highest BCUT2D eigenvalue weighted by Gasteiger charge is 2.31. The number of ketones is 1. The number of Topliss-reactive ketones (excluding diaryl/α,β-unsaturated/α-hetero) is 1. The molecule has 0 amide bonds. The number of nitrogens with zero attached hydrogens (tertiary/aromatic N) is 1. The molecule has 3 rings (SSSR count). The van der Waals surface area contributed by atoms with E-state index >= 15 is 0 Å². The molecule has 2 aromatic carbocycles. The van der Waals surface area contributed by atoms with E-state index in [2.05, 4.69) is 0 Å². The molecule has 0 spiro atoms. The van der Waals surface area contributed by atoms with Crippen molar-refractivity contribution in [3.8, 4) is 0 Å². The monoisotopic (exact) mass is 371 g/mol. The van der Waals surface area contributed by atoms with Gasteiger partial charge in [-0.05, 0) is 31.7 Å². The third kappa shape index (κ3) is 4.59. The zero-order valence-electron chi connectivity index (χ0n) is 15.1. The Labute approximate surface area is 155 Å². The summed E-state index contributed by atoms with van der Waals surface area (Å²) in [5, 5.41) is 0. The standard InChI is InChI=1S/C21H25NO3S/c1-17-7-9-19(10-8-17)21(23)20-11-14-22(15-12-20)26(24,25)16-13-18-5-3-2-4-6-18/h2-10,20H,11-16H2,1H3. The predicted molar refractivity (Wildman–Crippen MR) is 104 cm³/mol. The van der Waals surface area contributed by atoms with Crippen LogP contribution in [0.4, 0.5) is 0 Å². The van der Waals surface area contributed by atoms with Crippen LogP contribution in [0.25, 0.3) is 0 Å². The molecular weight excluding hydrogens is 346 g/mol. The zero-order chi connectivity index (χ0) is 18.6. The lowest BCUT2D eigenvalue weighted by atomic mass is 9.89. The molecule has 138 valence electrons. The quantitative estimate of drug-likeness (QED) is 0.731. The molecule has 0 aromatic heterocycles. The van der Waals surface area contributed by atoms with Crippen molar-refractivity contribution in [3.05, 3.63) is 71.3 Å². The van der Waals surface area contributed by atoms with Crippen LogP contribution in [0, 0.1) is 12.8 Å². The lowest BCUT2D eigenvalue weighted by molar-refractivity contribution is 0.0875. The molecule has 0 radical (unpaired) electrons. The molecular formula is C21H25NO3S. The first-order valence-corrected chi connectivity index (χ1v) is 10.7. The largest absolute Gasteiger partial charge is 0.294 e. The van der Waals surface area contributed by atoms with Crippen LogP contribution < -0.4 is 0 Å². The van der Waals surface area contributed by atoms with Crippen molar-refractivity contribution in [1.29, 1.82) is 0 Å². The second kappa shape index (κ2) is 8.14. The Morgan fingerprint density at radius 1 is 1.00 bits per heavy atom. The molecule has 0 unspecified atom stereocenters. The van der Waals surface area contributed by atoms with Crippen LogP contribution in [0.2, 0.25) is 0 Å². The number of hydrogen-bond acceptors (Lipinski definition) is 3. The summed E-state index contributed by atoms with van der Waals surface area (Å²) in [5.41, 5.74) is 2.88. The molecule has 1 saturated heterocycles. The summed E-state index contributed by atoms with van der Waals surface area (Å²) < 4.78 is 26.7. The molecule has 5 heteroatoms. The highest BCUT2D eigenvalue weighted by atomic mass is 32.2.